The molecular formula is C15H19NO. The second-order valence-corrected chi connectivity index (χ2v) is 4.14. The summed E-state index contributed by atoms with van der Waals surface area (Å²) in [5.74, 6) is 2.73. The summed E-state index contributed by atoms with van der Waals surface area (Å²) in [5.41, 5.74) is 5.35. The lowest BCUT2D eigenvalue weighted by molar-refractivity contribution is 0.342. The number of aliphatic hydroxyl groups is 1. The highest BCUT2D eigenvalue weighted by molar-refractivity contribution is 5.60. The third-order valence-electron chi connectivity index (χ3n) is 3.05. The van der Waals surface area contributed by atoms with Crippen molar-refractivity contribution >= 4 is 6.08 Å². The molecule has 17 heavy (non-hydrogen) atoms. The Labute approximate surface area is 103 Å². The van der Waals surface area contributed by atoms with Gasteiger partial charge in [-0.1, -0.05) is 23.6 Å². The summed E-state index contributed by atoms with van der Waals surface area (Å²) in [6.07, 6.45) is 11.3. The molecule has 90 valence electrons. The molecule has 0 fully saturated rings. The fraction of sp³-hybridized carbons (Fsp3) is 0.333. The van der Waals surface area contributed by atoms with Gasteiger partial charge >= 0.3 is 0 Å². The third-order valence-corrected chi connectivity index (χ3v) is 3.05. The number of hydrogen-bond donors (Lipinski definition) is 1. The lowest BCUT2D eigenvalue weighted by Crippen LogP contribution is -1.94. The van der Waals surface area contributed by atoms with E-state index in [9.17, 15) is 0 Å². The largest absolute Gasteiger partial charge is 0.392 e. The first kappa shape index (κ1) is 13.3. The summed E-state index contributed by atoms with van der Waals surface area (Å²) in [6, 6.07) is 0. The highest BCUT2D eigenvalue weighted by Crippen LogP contribution is 2.21. The Hall–Kier alpha value is -1.72. The molecule has 0 radical (unpaired) electrons. The summed E-state index contributed by atoms with van der Waals surface area (Å²) in [6.45, 7) is 6.08. The van der Waals surface area contributed by atoms with Crippen molar-refractivity contribution < 1.29 is 5.11 Å². The molecule has 2 nitrogen and oxygen atoms in total. The van der Waals surface area contributed by atoms with Gasteiger partial charge in [0, 0.05) is 24.0 Å². The van der Waals surface area contributed by atoms with E-state index < -0.39 is 0 Å². The second-order valence-electron chi connectivity index (χ2n) is 4.14. The van der Waals surface area contributed by atoms with E-state index in [2.05, 4.69) is 10.5 Å². The van der Waals surface area contributed by atoms with Gasteiger partial charge in [0.1, 0.15) is 0 Å². The standard InChI is InChI=1S/C15H19NO/c1-6-14-12(3)15(16(5)13(14)4)8-7-11(2)9-10-17/h1,7-9,17H,10H2,2-5H3/b8-7+,11-9+. The minimum absolute atomic E-state index is 0.0664. The van der Waals surface area contributed by atoms with Crippen molar-refractivity contribution in [1.82, 2.24) is 4.57 Å². The molecule has 0 aliphatic heterocycles. The molecular weight excluding hydrogens is 210 g/mol. The van der Waals surface area contributed by atoms with Gasteiger partial charge in [0.2, 0.25) is 0 Å². The number of aliphatic hydroxyl groups excluding tert-OH is 1. The van der Waals surface area contributed by atoms with E-state index in [1.807, 2.05) is 40.0 Å². The maximum Gasteiger partial charge on any atom is 0.0617 e. The summed E-state index contributed by atoms with van der Waals surface area (Å²) in [5, 5.41) is 8.79. The van der Waals surface area contributed by atoms with Gasteiger partial charge in [0.05, 0.1) is 6.61 Å². The maximum atomic E-state index is 8.79. The minimum atomic E-state index is 0.0664. The highest BCUT2D eigenvalue weighted by atomic mass is 16.2. The normalized spacial score (nSPS) is 12.1. The average molecular weight is 229 g/mol. The Morgan fingerprint density at radius 2 is 2.12 bits per heavy atom. The number of hydrogen-bond acceptors (Lipinski definition) is 1. The third kappa shape index (κ3) is 2.69. The minimum Gasteiger partial charge on any atom is -0.392 e. The highest BCUT2D eigenvalue weighted by Gasteiger charge is 2.10. The van der Waals surface area contributed by atoms with Crippen molar-refractivity contribution in [1.29, 1.82) is 0 Å². The molecule has 0 amide bonds. The molecule has 0 aromatic carbocycles. The van der Waals surface area contributed by atoms with Gasteiger partial charge in [0.25, 0.3) is 0 Å². The van der Waals surface area contributed by atoms with Crippen LogP contribution in [0.2, 0.25) is 0 Å². The van der Waals surface area contributed by atoms with Gasteiger partial charge in [-0.3, -0.25) is 0 Å². The van der Waals surface area contributed by atoms with Crippen LogP contribution in [0.1, 0.15) is 29.4 Å². The Morgan fingerprint density at radius 3 is 2.59 bits per heavy atom. The van der Waals surface area contributed by atoms with Crippen LogP contribution in [0.5, 0.6) is 0 Å². The molecule has 0 spiro atoms. The van der Waals surface area contributed by atoms with Crippen LogP contribution in [0.3, 0.4) is 0 Å². The number of nitrogens with zero attached hydrogens (tertiary/aromatic N) is 1. The van der Waals surface area contributed by atoms with Crippen LogP contribution in [0.4, 0.5) is 0 Å². The maximum absolute atomic E-state index is 8.79. The molecule has 0 aliphatic carbocycles. The van der Waals surface area contributed by atoms with Gasteiger partial charge < -0.3 is 9.67 Å². The molecule has 0 saturated heterocycles. The summed E-state index contributed by atoms with van der Waals surface area (Å²) in [4.78, 5) is 0. The van der Waals surface area contributed by atoms with Gasteiger partial charge in [-0.05, 0) is 32.4 Å². The lowest BCUT2D eigenvalue weighted by Gasteiger charge is -2.00. The van der Waals surface area contributed by atoms with E-state index in [4.69, 9.17) is 11.5 Å². The van der Waals surface area contributed by atoms with E-state index in [1.54, 1.807) is 6.08 Å². The first-order valence-electron chi connectivity index (χ1n) is 5.61. The fourth-order valence-corrected chi connectivity index (χ4v) is 1.87. The fourth-order valence-electron chi connectivity index (χ4n) is 1.87. The molecule has 1 N–H and O–H groups in total. The molecule has 1 aromatic rings. The van der Waals surface area contributed by atoms with E-state index in [0.29, 0.717) is 0 Å². The lowest BCUT2D eigenvalue weighted by atomic mass is 10.1. The Kier molecular flexibility index (Phi) is 4.37. The zero-order valence-electron chi connectivity index (χ0n) is 10.9. The smallest absolute Gasteiger partial charge is 0.0617 e. The van der Waals surface area contributed by atoms with Crippen molar-refractivity contribution in [2.75, 3.05) is 6.61 Å². The molecule has 0 saturated carbocycles. The molecule has 1 aromatic heterocycles. The quantitative estimate of drug-likeness (QED) is 0.625. The van der Waals surface area contributed by atoms with Crippen LogP contribution >= 0.6 is 0 Å². The van der Waals surface area contributed by atoms with Crippen molar-refractivity contribution in [2.24, 2.45) is 7.05 Å². The molecule has 0 unspecified atom stereocenters. The molecule has 1 rings (SSSR count). The first-order valence-corrected chi connectivity index (χ1v) is 5.61. The van der Waals surface area contributed by atoms with Crippen LogP contribution in [0, 0.1) is 26.2 Å². The van der Waals surface area contributed by atoms with Crippen LogP contribution in [0.25, 0.3) is 6.08 Å². The van der Waals surface area contributed by atoms with E-state index in [0.717, 1.165) is 28.1 Å². The van der Waals surface area contributed by atoms with Crippen LogP contribution < -0.4 is 0 Å². The van der Waals surface area contributed by atoms with Crippen LogP contribution in [-0.4, -0.2) is 16.3 Å². The monoisotopic (exact) mass is 229 g/mol. The first-order chi connectivity index (χ1) is 8.02. The van der Waals surface area contributed by atoms with Crippen LogP contribution in [0.15, 0.2) is 17.7 Å². The van der Waals surface area contributed by atoms with Crippen molar-refractivity contribution in [3.63, 3.8) is 0 Å². The van der Waals surface area contributed by atoms with Crippen molar-refractivity contribution in [3.05, 3.63) is 40.2 Å². The predicted molar refractivity (Wildman–Crippen MR) is 72.7 cm³/mol. The summed E-state index contributed by atoms with van der Waals surface area (Å²) in [7, 11) is 2.01. The SMILES string of the molecule is C#Cc1c(C)c(/C=C/C(C)=C/CO)n(C)c1C. The average Bonchev–Trinajstić information content (AvgIpc) is 2.49. The molecule has 0 bridgehead atoms. The summed E-state index contributed by atoms with van der Waals surface area (Å²) < 4.78 is 2.09. The van der Waals surface area contributed by atoms with E-state index in [-0.39, 0.29) is 6.61 Å². The van der Waals surface area contributed by atoms with Crippen LogP contribution in [-0.2, 0) is 7.05 Å². The molecule has 2 heteroatoms. The topological polar surface area (TPSA) is 25.2 Å². The van der Waals surface area contributed by atoms with Crippen molar-refractivity contribution in [3.8, 4) is 12.3 Å². The second kappa shape index (κ2) is 5.56. The molecule has 0 aliphatic rings. The zero-order valence-corrected chi connectivity index (χ0v) is 10.9. The number of aromatic nitrogens is 1. The van der Waals surface area contributed by atoms with Gasteiger partial charge in [-0.15, -0.1) is 6.42 Å². The zero-order chi connectivity index (χ0) is 13.0. The molecule has 1 heterocycles. The number of allylic oxidation sites excluding steroid dienone is 2. The van der Waals surface area contributed by atoms with E-state index in [1.165, 1.54) is 0 Å². The Morgan fingerprint density at radius 1 is 1.47 bits per heavy atom. The van der Waals surface area contributed by atoms with Gasteiger partial charge in [-0.2, -0.15) is 0 Å². The predicted octanol–water partition coefficient (Wildman–Crippen LogP) is 2.58. The Balaban J connectivity index is 3.18. The van der Waals surface area contributed by atoms with Gasteiger partial charge in [-0.25, -0.2) is 0 Å². The molecule has 0 atom stereocenters. The Bertz CT molecular complexity index is 510. The van der Waals surface area contributed by atoms with Crippen molar-refractivity contribution in [2.45, 2.75) is 20.8 Å². The summed E-state index contributed by atoms with van der Waals surface area (Å²) >= 11 is 0. The number of rotatable bonds is 3. The van der Waals surface area contributed by atoms with Gasteiger partial charge in [0.15, 0.2) is 0 Å². The number of terminal acetylenes is 1. The van der Waals surface area contributed by atoms with E-state index >= 15 is 0 Å².